The molecule has 0 aliphatic carbocycles. The molecule has 0 N–H and O–H groups in total. The van der Waals surface area contributed by atoms with Gasteiger partial charge in [-0.25, -0.2) is 0 Å². The zero-order chi connectivity index (χ0) is 18.5. The number of aryl methyl sites for hydroxylation is 2. The summed E-state index contributed by atoms with van der Waals surface area (Å²) < 4.78 is 1.96. The van der Waals surface area contributed by atoms with E-state index in [-0.39, 0.29) is 5.91 Å². The number of para-hydroxylation sites is 1. The lowest BCUT2D eigenvalue weighted by Crippen LogP contribution is -2.27. The Balaban J connectivity index is 1.66. The topological polar surface area (TPSA) is 51.0 Å². The minimum atomic E-state index is 0.0844. The quantitative estimate of drug-likeness (QED) is 0.577. The summed E-state index contributed by atoms with van der Waals surface area (Å²) in [5, 5.41) is 11.0. The smallest absolute Gasteiger partial charge is 0.233 e. The Morgan fingerprint density at radius 2 is 2.12 bits per heavy atom. The van der Waals surface area contributed by atoms with E-state index < -0.39 is 0 Å². The van der Waals surface area contributed by atoms with Gasteiger partial charge < -0.3 is 4.90 Å². The minimum absolute atomic E-state index is 0.0844. The monoisotopic (exact) mass is 386 g/mol. The molecule has 0 saturated heterocycles. The summed E-state index contributed by atoms with van der Waals surface area (Å²) in [7, 11) is 1.85. The lowest BCUT2D eigenvalue weighted by molar-refractivity contribution is -0.127. The van der Waals surface area contributed by atoms with Gasteiger partial charge in [-0.15, -0.1) is 21.5 Å². The highest BCUT2D eigenvalue weighted by Gasteiger charge is 2.15. The van der Waals surface area contributed by atoms with Crippen LogP contribution >= 0.6 is 23.1 Å². The van der Waals surface area contributed by atoms with Crippen molar-refractivity contribution in [3.63, 3.8) is 0 Å². The van der Waals surface area contributed by atoms with E-state index in [9.17, 15) is 4.79 Å². The number of hydrogen-bond donors (Lipinski definition) is 0. The van der Waals surface area contributed by atoms with Crippen molar-refractivity contribution >= 4 is 29.0 Å². The predicted molar refractivity (Wildman–Crippen MR) is 107 cm³/mol. The van der Waals surface area contributed by atoms with Crippen LogP contribution in [0.5, 0.6) is 0 Å². The average Bonchev–Trinajstić information content (AvgIpc) is 3.28. The van der Waals surface area contributed by atoms with E-state index >= 15 is 0 Å². The summed E-state index contributed by atoms with van der Waals surface area (Å²) in [6, 6.07) is 10.3. The Kier molecular flexibility index (Phi) is 6.11. The Bertz CT molecular complexity index is 887. The summed E-state index contributed by atoms with van der Waals surface area (Å²) in [5.74, 6) is 0.426. The van der Waals surface area contributed by atoms with Crippen LogP contribution in [-0.2, 0) is 17.8 Å². The van der Waals surface area contributed by atoms with Crippen LogP contribution in [0.15, 0.2) is 47.2 Å². The lowest BCUT2D eigenvalue weighted by Gasteiger charge is -2.17. The van der Waals surface area contributed by atoms with E-state index in [0.717, 1.165) is 17.3 Å². The van der Waals surface area contributed by atoms with Crippen LogP contribution in [0.3, 0.4) is 0 Å². The molecule has 0 aliphatic rings. The number of benzene rings is 1. The highest BCUT2D eigenvalue weighted by atomic mass is 32.2. The molecule has 0 spiro atoms. The molecule has 0 radical (unpaired) electrons. The average molecular weight is 387 g/mol. The Labute approximate surface area is 162 Å². The van der Waals surface area contributed by atoms with Crippen LogP contribution in [0.4, 0.5) is 0 Å². The third-order valence-electron chi connectivity index (χ3n) is 4.25. The molecule has 7 heteroatoms. The standard InChI is InChI=1S/C19H22N4OS2/c1-4-15-7-5-6-8-16(15)23-13-20-21-19(23)26-12-18(24)22(3)11-17-14(2)9-10-25-17/h5-10,13H,4,11-12H2,1-3H3. The first kappa shape index (κ1) is 18.7. The van der Waals surface area contributed by atoms with Gasteiger partial charge in [0.05, 0.1) is 18.0 Å². The number of thiophene rings is 1. The van der Waals surface area contributed by atoms with Gasteiger partial charge in [0.15, 0.2) is 5.16 Å². The molecule has 0 bridgehead atoms. The third-order valence-corrected chi connectivity index (χ3v) is 6.18. The van der Waals surface area contributed by atoms with Gasteiger partial charge in [0.1, 0.15) is 6.33 Å². The molecule has 0 atom stereocenters. The summed E-state index contributed by atoms with van der Waals surface area (Å²) in [5.41, 5.74) is 3.53. The van der Waals surface area contributed by atoms with Crippen LogP contribution in [0, 0.1) is 6.92 Å². The normalized spacial score (nSPS) is 10.9. The van der Waals surface area contributed by atoms with Gasteiger partial charge in [-0.3, -0.25) is 9.36 Å². The van der Waals surface area contributed by atoms with E-state index in [1.807, 2.05) is 23.7 Å². The SMILES string of the molecule is CCc1ccccc1-n1cnnc1SCC(=O)N(C)Cc1sccc1C. The number of nitrogens with zero attached hydrogens (tertiary/aromatic N) is 4. The Hall–Kier alpha value is -2.12. The van der Waals surface area contributed by atoms with Crippen molar-refractivity contribution in [3.05, 3.63) is 58.0 Å². The molecule has 5 nitrogen and oxygen atoms in total. The highest BCUT2D eigenvalue weighted by Crippen LogP contribution is 2.23. The maximum atomic E-state index is 12.5. The molecule has 1 amide bonds. The van der Waals surface area contributed by atoms with E-state index in [4.69, 9.17) is 0 Å². The molecule has 3 aromatic rings. The highest BCUT2D eigenvalue weighted by molar-refractivity contribution is 7.99. The van der Waals surface area contributed by atoms with E-state index in [1.165, 1.54) is 27.8 Å². The van der Waals surface area contributed by atoms with Gasteiger partial charge in [0.25, 0.3) is 0 Å². The molecule has 0 saturated carbocycles. The Morgan fingerprint density at radius 3 is 2.85 bits per heavy atom. The van der Waals surface area contributed by atoms with E-state index in [1.54, 1.807) is 22.6 Å². The second kappa shape index (κ2) is 8.51. The van der Waals surface area contributed by atoms with Crippen LogP contribution in [0.2, 0.25) is 0 Å². The summed E-state index contributed by atoms with van der Waals surface area (Å²) in [4.78, 5) is 15.5. The van der Waals surface area contributed by atoms with Gasteiger partial charge in [-0.05, 0) is 42.0 Å². The first-order chi connectivity index (χ1) is 12.6. The predicted octanol–water partition coefficient (Wildman–Crippen LogP) is 3.95. The van der Waals surface area contributed by atoms with Crippen molar-refractivity contribution in [2.75, 3.05) is 12.8 Å². The van der Waals surface area contributed by atoms with Gasteiger partial charge in [-0.1, -0.05) is 36.9 Å². The lowest BCUT2D eigenvalue weighted by atomic mass is 10.1. The zero-order valence-electron chi connectivity index (χ0n) is 15.2. The van der Waals surface area contributed by atoms with Crippen molar-refractivity contribution < 1.29 is 4.79 Å². The van der Waals surface area contributed by atoms with Crippen LogP contribution < -0.4 is 0 Å². The second-order valence-corrected chi connectivity index (χ2v) is 7.97. The number of aromatic nitrogens is 3. The molecule has 0 fully saturated rings. The van der Waals surface area contributed by atoms with Crippen LogP contribution in [0.25, 0.3) is 5.69 Å². The number of carbonyl (C=O) groups is 1. The number of hydrogen-bond acceptors (Lipinski definition) is 5. The number of carbonyl (C=O) groups excluding carboxylic acids is 1. The fourth-order valence-corrected chi connectivity index (χ4v) is 4.46. The van der Waals surface area contributed by atoms with Crippen LogP contribution in [0.1, 0.15) is 22.9 Å². The Morgan fingerprint density at radius 1 is 1.31 bits per heavy atom. The van der Waals surface area contributed by atoms with Crippen molar-refractivity contribution in [1.29, 1.82) is 0 Å². The molecular weight excluding hydrogens is 364 g/mol. The molecule has 2 heterocycles. The molecule has 1 aromatic carbocycles. The number of amides is 1. The third kappa shape index (κ3) is 4.16. The molecule has 3 rings (SSSR count). The van der Waals surface area contributed by atoms with Crippen molar-refractivity contribution in [2.45, 2.75) is 32.0 Å². The summed E-state index contributed by atoms with van der Waals surface area (Å²) >= 11 is 3.11. The van der Waals surface area contributed by atoms with E-state index in [0.29, 0.717) is 12.3 Å². The minimum Gasteiger partial charge on any atom is -0.340 e. The molecular formula is C19H22N4OS2. The zero-order valence-corrected chi connectivity index (χ0v) is 16.8. The number of rotatable bonds is 7. The van der Waals surface area contributed by atoms with Crippen molar-refractivity contribution in [3.8, 4) is 5.69 Å². The number of thioether (sulfide) groups is 1. The fraction of sp³-hybridized carbons (Fsp3) is 0.316. The van der Waals surface area contributed by atoms with Gasteiger partial charge in [-0.2, -0.15) is 0 Å². The van der Waals surface area contributed by atoms with Crippen molar-refractivity contribution in [2.24, 2.45) is 0 Å². The molecule has 2 aromatic heterocycles. The van der Waals surface area contributed by atoms with Gasteiger partial charge >= 0.3 is 0 Å². The second-order valence-electron chi connectivity index (χ2n) is 6.03. The maximum absolute atomic E-state index is 12.5. The maximum Gasteiger partial charge on any atom is 0.233 e. The molecule has 0 aliphatic heterocycles. The van der Waals surface area contributed by atoms with Crippen molar-refractivity contribution in [1.82, 2.24) is 19.7 Å². The van der Waals surface area contributed by atoms with Gasteiger partial charge in [0, 0.05) is 11.9 Å². The van der Waals surface area contributed by atoms with E-state index in [2.05, 4.69) is 47.6 Å². The molecule has 136 valence electrons. The first-order valence-corrected chi connectivity index (χ1v) is 10.3. The summed E-state index contributed by atoms with van der Waals surface area (Å²) in [6.45, 7) is 4.85. The fourth-order valence-electron chi connectivity index (χ4n) is 2.64. The summed E-state index contributed by atoms with van der Waals surface area (Å²) in [6.07, 6.45) is 2.64. The van der Waals surface area contributed by atoms with Gasteiger partial charge in [0.2, 0.25) is 5.91 Å². The molecule has 0 unspecified atom stereocenters. The first-order valence-electron chi connectivity index (χ1n) is 8.48. The molecule has 26 heavy (non-hydrogen) atoms. The van der Waals surface area contributed by atoms with Crippen LogP contribution in [-0.4, -0.2) is 38.4 Å². The largest absolute Gasteiger partial charge is 0.340 e.